The summed E-state index contributed by atoms with van der Waals surface area (Å²) in [5.74, 6) is -0.386. The van der Waals surface area contributed by atoms with Crippen LogP contribution in [0.25, 0.3) is 0 Å². The zero-order valence-electron chi connectivity index (χ0n) is 6.87. The van der Waals surface area contributed by atoms with Crippen molar-refractivity contribution in [3.05, 3.63) is 23.8 Å². The summed E-state index contributed by atoms with van der Waals surface area (Å²) in [4.78, 5) is 23.3. The van der Waals surface area contributed by atoms with Gasteiger partial charge in [0, 0.05) is 12.4 Å². The van der Waals surface area contributed by atoms with Gasteiger partial charge in [-0.3, -0.25) is 14.6 Å². The molecule has 1 aromatic rings. The number of hydroxylamine groups is 1. The number of amides is 1. The molecule has 0 aliphatic rings. The number of nitrogens with one attached hydrogen (secondary N) is 1. The fraction of sp³-hybridized carbons (Fsp3) is 0.286. The Hall–Kier alpha value is -1.49. The molecule has 12 heavy (non-hydrogen) atoms. The predicted octanol–water partition coefficient (Wildman–Crippen LogP) is 0.0762. The number of hydrogen-bond acceptors (Lipinski definition) is 4. The maximum Gasteiger partial charge on any atom is 0.295 e. The molecule has 0 fully saturated rings. The molecule has 0 aliphatic heterocycles. The summed E-state index contributed by atoms with van der Waals surface area (Å²) >= 11 is 0. The van der Waals surface area contributed by atoms with E-state index in [0.29, 0.717) is 5.69 Å². The first-order valence-corrected chi connectivity index (χ1v) is 3.36. The van der Waals surface area contributed by atoms with Crippen LogP contribution in [0.15, 0.2) is 12.4 Å². The van der Waals surface area contributed by atoms with Crippen LogP contribution in [0.5, 0.6) is 0 Å². The first kappa shape index (κ1) is 8.61. The molecule has 5 heteroatoms. The molecule has 0 saturated carbocycles. The molecule has 0 unspecified atom stereocenters. The molecule has 1 rings (SSSR count). The third-order valence-electron chi connectivity index (χ3n) is 1.29. The SMILES string of the molecule is CONC(=O)c1nccnc1C. The maximum atomic E-state index is 11.1. The van der Waals surface area contributed by atoms with Crippen LogP contribution in [-0.2, 0) is 4.84 Å². The van der Waals surface area contributed by atoms with Gasteiger partial charge in [-0.25, -0.2) is 10.5 Å². The van der Waals surface area contributed by atoms with Crippen LogP contribution < -0.4 is 5.48 Å². The fourth-order valence-corrected chi connectivity index (χ4v) is 0.772. The summed E-state index contributed by atoms with van der Waals surface area (Å²) in [6, 6.07) is 0. The summed E-state index contributed by atoms with van der Waals surface area (Å²) in [6.07, 6.45) is 2.98. The summed E-state index contributed by atoms with van der Waals surface area (Å²) in [7, 11) is 1.36. The highest BCUT2D eigenvalue weighted by atomic mass is 16.6. The Balaban J connectivity index is 2.87. The van der Waals surface area contributed by atoms with E-state index >= 15 is 0 Å². The first-order chi connectivity index (χ1) is 5.75. The van der Waals surface area contributed by atoms with Crippen LogP contribution in [0.4, 0.5) is 0 Å². The van der Waals surface area contributed by atoms with Crippen LogP contribution in [0.1, 0.15) is 16.2 Å². The quantitative estimate of drug-likeness (QED) is 0.633. The maximum absolute atomic E-state index is 11.1. The number of hydrogen-bond donors (Lipinski definition) is 1. The molecule has 0 aliphatic carbocycles. The highest BCUT2D eigenvalue weighted by Crippen LogP contribution is 1.97. The summed E-state index contributed by atoms with van der Waals surface area (Å²) in [5, 5.41) is 0. The smallest absolute Gasteiger partial charge is 0.277 e. The zero-order chi connectivity index (χ0) is 8.97. The highest BCUT2D eigenvalue weighted by Gasteiger charge is 2.09. The van der Waals surface area contributed by atoms with E-state index in [9.17, 15) is 4.79 Å². The van der Waals surface area contributed by atoms with Crippen molar-refractivity contribution in [2.24, 2.45) is 0 Å². The lowest BCUT2D eigenvalue weighted by Crippen LogP contribution is -2.24. The van der Waals surface area contributed by atoms with Crippen molar-refractivity contribution in [3.8, 4) is 0 Å². The Morgan fingerprint density at radius 2 is 2.17 bits per heavy atom. The average molecular weight is 167 g/mol. The van der Waals surface area contributed by atoms with Crippen molar-refractivity contribution in [1.82, 2.24) is 15.4 Å². The summed E-state index contributed by atoms with van der Waals surface area (Å²) < 4.78 is 0. The van der Waals surface area contributed by atoms with Crippen LogP contribution >= 0.6 is 0 Å². The Bertz CT molecular complexity index is 288. The predicted molar refractivity (Wildman–Crippen MR) is 41.2 cm³/mol. The van der Waals surface area contributed by atoms with Gasteiger partial charge >= 0.3 is 0 Å². The topological polar surface area (TPSA) is 64.1 Å². The van der Waals surface area contributed by atoms with Crippen molar-refractivity contribution in [2.45, 2.75) is 6.92 Å². The third-order valence-corrected chi connectivity index (χ3v) is 1.29. The van der Waals surface area contributed by atoms with Gasteiger partial charge in [-0.2, -0.15) is 0 Å². The lowest BCUT2D eigenvalue weighted by atomic mass is 10.3. The molecule has 5 nitrogen and oxygen atoms in total. The molecule has 0 spiro atoms. The second-order valence-electron chi connectivity index (χ2n) is 2.13. The Morgan fingerprint density at radius 3 is 2.75 bits per heavy atom. The van der Waals surface area contributed by atoms with Gasteiger partial charge in [0.25, 0.3) is 5.91 Å². The molecule has 0 radical (unpaired) electrons. The monoisotopic (exact) mass is 167 g/mol. The van der Waals surface area contributed by atoms with Crippen LogP contribution in [-0.4, -0.2) is 23.0 Å². The molecule has 64 valence electrons. The van der Waals surface area contributed by atoms with Gasteiger partial charge in [0.1, 0.15) is 0 Å². The molecule has 1 heterocycles. The Kier molecular flexibility index (Phi) is 2.71. The minimum absolute atomic E-state index is 0.277. The molecule has 0 atom stereocenters. The number of carbonyl (C=O) groups is 1. The molecule has 0 aromatic carbocycles. The van der Waals surface area contributed by atoms with E-state index in [1.54, 1.807) is 6.92 Å². The minimum Gasteiger partial charge on any atom is -0.277 e. The van der Waals surface area contributed by atoms with Gasteiger partial charge in [0.2, 0.25) is 0 Å². The summed E-state index contributed by atoms with van der Waals surface area (Å²) in [6.45, 7) is 1.71. The van der Waals surface area contributed by atoms with Crippen molar-refractivity contribution < 1.29 is 9.63 Å². The van der Waals surface area contributed by atoms with E-state index in [1.165, 1.54) is 19.5 Å². The van der Waals surface area contributed by atoms with Gasteiger partial charge < -0.3 is 0 Å². The molecule has 0 saturated heterocycles. The fourth-order valence-electron chi connectivity index (χ4n) is 0.772. The van der Waals surface area contributed by atoms with Gasteiger partial charge in [-0.15, -0.1) is 0 Å². The first-order valence-electron chi connectivity index (χ1n) is 3.36. The molecular weight excluding hydrogens is 158 g/mol. The number of aromatic nitrogens is 2. The van der Waals surface area contributed by atoms with E-state index < -0.39 is 0 Å². The molecule has 1 N–H and O–H groups in total. The van der Waals surface area contributed by atoms with E-state index in [4.69, 9.17) is 0 Å². The lowest BCUT2D eigenvalue weighted by molar-refractivity contribution is 0.0531. The largest absolute Gasteiger partial charge is 0.295 e. The van der Waals surface area contributed by atoms with E-state index in [-0.39, 0.29) is 11.6 Å². The highest BCUT2D eigenvalue weighted by molar-refractivity contribution is 5.92. The number of nitrogens with zero attached hydrogens (tertiary/aromatic N) is 2. The molecule has 1 amide bonds. The summed E-state index contributed by atoms with van der Waals surface area (Å²) in [5.41, 5.74) is 3.01. The second-order valence-corrected chi connectivity index (χ2v) is 2.13. The molecular formula is C7H9N3O2. The Morgan fingerprint density at radius 1 is 1.50 bits per heavy atom. The van der Waals surface area contributed by atoms with E-state index in [2.05, 4.69) is 20.3 Å². The van der Waals surface area contributed by atoms with Crippen molar-refractivity contribution in [3.63, 3.8) is 0 Å². The van der Waals surface area contributed by atoms with Crippen molar-refractivity contribution >= 4 is 5.91 Å². The second kappa shape index (κ2) is 3.77. The molecule has 1 aromatic heterocycles. The number of carbonyl (C=O) groups excluding carboxylic acids is 1. The number of rotatable bonds is 2. The molecule has 0 bridgehead atoms. The Labute approximate surface area is 69.7 Å². The van der Waals surface area contributed by atoms with E-state index in [1.807, 2.05) is 0 Å². The van der Waals surface area contributed by atoms with Crippen molar-refractivity contribution in [1.29, 1.82) is 0 Å². The standard InChI is InChI=1S/C7H9N3O2/c1-5-6(7(11)10-12-2)9-4-3-8-5/h3-4H,1-2H3,(H,10,11). The van der Waals surface area contributed by atoms with Crippen molar-refractivity contribution in [2.75, 3.05) is 7.11 Å². The minimum atomic E-state index is -0.386. The van der Waals surface area contributed by atoms with Crippen LogP contribution in [0.2, 0.25) is 0 Å². The zero-order valence-corrected chi connectivity index (χ0v) is 6.87. The normalized spacial score (nSPS) is 9.50. The van der Waals surface area contributed by atoms with Crippen LogP contribution in [0.3, 0.4) is 0 Å². The van der Waals surface area contributed by atoms with Gasteiger partial charge in [0.05, 0.1) is 12.8 Å². The third kappa shape index (κ3) is 1.76. The van der Waals surface area contributed by atoms with Crippen LogP contribution in [0, 0.1) is 6.92 Å². The lowest BCUT2D eigenvalue weighted by Gasteiger charge is -2.01. The number of aryl methyl sites for hydroxylation is 1. The van der Waals surface area contributed by atoms with E-state index in [0.717, 1.165) is 0 Å². The van der Waals surface area contributed by atoms with Gasteiger partial charge in [0.15, 0.2) is 5.69 Å². The van der Waals surface area contributed by atoms with Gasteiger partial charge in [-0.05, 0) is 6.92 Å². The van der Waals surface area contributed by atoms with Gasteiger partial charge in [-0.1, -0.05) is 0 Å². The average Bonchev–Trinajstić information content (AvgIpc) is 2.05.